The number of allylic oxidation sites excluding steroid dienone is 2. The third-order valence-electron chi connectivity index (χ3n) is 3.01. The van der Waals surface area contributed by atoms with Crippen molar-refractivity contribution < 1.29 is 14.3 Å². The molecule has 0 aromatic heterocycles. The number of benzene rings is 1. The molecule has 1 aromatic rings. The van der Waals surface area contributed by atoms with Gasteiger partial charge in [-0.1, -0.05) is 0 Å². The summed E-state index contributed by atoms with van der Waals surface area (Å²) >= 11 is -0.453. The summed E-state index contributed by atoms with van der Waals surface area (Å²) in [5, 5.41) is 11.8. The fraction of sp³-hybridized carbons (Fsp3) is 0.0714. The number of anilines is 1. The van der Waals surface area contributed by atoms with Gasteiger partial charge in [0.1, 0.15) is 0 Å². The zero-order chi connectivity index (χ0) is 13.4. The molecule has 2 heterocycles. The van der Waals surface area contributed by atoms with Gasteiger partial charge in [0, 0.05) is 0 Å². The molecule has 19 heavy (non-hydrogen) atoms. The molecule has 2 N–H and O–H groups in total. The first kappa shape index (κ1) is 12.4. The molecule has 3 rings (SSSR count). The molecule has 1 aromatic carbocycles. The summed E-state index contributed by atoms with van der Waals surface area (Å²) in [6.07, 6.45) is 3.71. The second kappa shape index (κ2) is 4.78. The number of hydrogen-bond donors (Lipinski definition) is 2. The molecule has 1 amide bonds. The van der Waals surface area contributed by atoms with Gasteiger partial charge in [0.2, 0.25) is 0 Å². The Morgan fingerprint density at radius 2 is 2.26 bits per heavy atom. The molecule has 0 aliphatic carbocycles. The van der Waals surface area contributed by atoms with Crippen LogP contribution in [0.15, 0.2) is 45.4 Å². The molecule has 3 nitrogen and oxygen atoms in total. The van der Waals surface area contributed by atoms with E-state index < -0.39 is 15.0 Å². The third kappa shape index (κ3) is 2.28. The minimum atomic E-state index is -0.453. The van der Waals surface area contributed by atoms with Crippen molar-refractivity contribution in [2.24, 2.45) is 0 Å². The SMILES string of the molecule is O=C1Nc2ccc(F)cc2/C1=C/C1=CC(CO)=C[SeH2]1. The van der Waals surface area contributed by atoms with E-state index in [2.05, 4.69) is 5.32 Å². The number of aliphatic hydroxyl groups is 1. The number of aliphatic hydroxyl groups excluding tert-OH is 1. The van der Waals surface area contributed by atoms with Crippen molar-refractivity contribution in [1.29, 1.82) is 0 Å². The average Bonchev–Trinajstić information content (AvgIpc) is 2.96. The summed E-state index contributed by atoms with van der Waals surface area (Å²) in [4.78, 5) is 13.9. The van der Waals surface area contributed by atoms with Crippen LogP contribution in [-0.4, -0.2) is 32.6 Å². The Morgan fingerprint density at radius 1 is 1.42 bits per heavy atom. The van der Waals surface area contributed by atoms with E-state index in [1.807, 2.05) is 11.1 Å². The number of fused-ring (bicyclic) bond motifs is 1. The van der Waals surface area contributed by atoms with Gasteiger partial charge in [-0.25, -0.2) is 0 Å². The van der Waals surface area contributed by atoms with Crippen LogP contribution in [0.1, 0.15) is 5.56 Å². The van der Waals surface area contributed by atoms with Gasteiger partial charge < -0.3 is 0 Å². The predicted molar refractivity (Wildman–Crippen MR) is 74.8 cm³/mol. The number of hydrogen-bond acceptors (Lipinski definition) is 2. The average molecular weight is 324 g/mol. The van der Waals surface area contributed by atoms with Crippen LogP contribution in [0.4, 0.5) is 10.1 Å². The van der Waals surface area contributed by atoms with Crippen molar-refractivity contribution in [3.05, 3.63) is 56.8 Å². The number of amides is 1. The molecule has 0 radical (unpaired) electrons. The molecule has 0 atom stereocenters. The summed E-state index contributed by atoms with van der Waals surface area (Å²) in [6.45, 7) is 0.0214. The summed E-state index contributed by atoms with van der Waals surface area (Å²) in [5.41, 5.74) is 2.64. The Labute approximate surface area is 115 Å². The van der Waals surface area contributed by atoms with Crippen LogP contribution in [0.25, 0.3) is 5.57 Å². The van der Waals surface area contributed by atoms with Crippen LogP contribution in [0, 0.1) is 5.82 Å². The zero-order valence-electron chi connectivity index (χ0n) is 9.90. The van der Waals surface area contributed by atoms with E-state index in [0.29, 0.717) is 16.8 Å². The van der Waals surface area contributed by atoms with E-state index in [1.165, 1.54) is 12.1 Å². The molecule has 2 aliphatic heterocycles. The van der Waals surface area contributed by atoms with Gasteiger partial charge >= 0.3 is 115 Å². The Balaban J connectivity index is 1.99. The van der Waals surface area contributed by atoms with E-state index in [9.17, 15) is 9.18 Å². The maximum atomic E-state index is 13.3. The maximum absolute atomic E-state index is 13.3. The number of nitrogens with one attached hydrogen (secondary N) is 1. The second-order valence-corrected chi connectivity index (χ2v) is 6.75. The number of carbonyl (C=O) groups excluding carboxylic acids is 1. The van der Waals surface area contributed by atoms with Crippen molar-refractivity contribution in [1.82, 2.24) is 0 Å². The van der Waals surface area contributed by atoms with E-state index in [-0.39, 0.29) is 18.3 Å². The zero-order valence-corrected chi connectivity index (χ0v) is 12.0. The number of carbonyl (C=O) groups is 1. The first-order valence-corrected chi connectivity index (χ1v) is 8.04. The second-order valence-electron chi connectivity index (χ2n) is 4.32. The minimum absolute atomic E-state index is 0.0214. The fourth-order valence-corrected chi connectivity index (χ4v) is 4.24. The van der Waals surface area contributed by atoms with Gasteiger partial charge in [0.05, 0.1) is 0 Å². The summed E-state index contributed by atoms with van der Waals surface area (Å²) in [7, 11) is 0. The van der Waals surface area contributed by atoms with Crippen LogP contribution in [0.5, 0.6) is 0 Å². The van der Waals surface area contributed by atoms with Crippen molar-refractivity contribution in [2.45, 2.75) is 0 Å². The van der Waals surface area contributed by atoms with E-state index in [0.717, 1.165) is 10.0 Å². The number of rotatable bonds is 2. The molecule has 2 aliphatic rings. The summed E-state index contributed by atoms with van der Waals surface area (Å²) in [5.74, 6) is -0.558. The molecular weight excluding hydrogens is 312 g/mol. The predicted octanol–water partition coefficient (Wildman–Crippen LogP) is 1.10. The van der Waals surface area contributed by atoms with Crippen LogP contribution >= 0.6 is 0 Å². The molecule has 0 bridgehead atoms. The van der Waals surface area contributed by atoms with E-state index >= 15 is 0 Å². The van der Waals surface area contributed by atoms with Crippen LogP contribution in [-0.2, 0) is 4.79 Å². The van der Waals surface area contributed by atoms with Gasteiger partial charge in [0.25, 0.3) is 0 Å². The quantitative estimate of drug-likeness (QED) is 0.632. The Hall–Kier alpha value is -1.68. The Kier molecular flexibility index (Phi) is 3.11. The van der Waals surface area contributed by atoms with Crippen molar-refractivity contribution in [3.8, 4) is 0 Å². The first-order valence-electron chi connectivity index (χ1n) is 5.78. The Morgan fingerprint density at radius 3 is 3.00 bits per heavy atom. The molecule has 0 spiro atoms. The van der Waals surface area contributed by atoms with Gasteiger partial charge in [-0.05, 0) is 0 Å². The van der Waals surface area contributed by atoms with Gasteiger partial charge in [-0.2, -0.15) is 0 Å². The first-order chi connectivity index (χ1) is 9.17. The summed E-state index contributed by atoms with van der Waals surface area (Å²) < 4.78 is 14.3. The molecule has 0 saturated carbocycles. The fourth-order valence-electron chi connectivity index (χ4n) is 2.09. The standard InChI is InChI=1S/C14H12FNO2Se/c15-9-1-2-13-11(4-9)12(14(18)16-13)5-10-3-8(6-17)7-19-10/h1-5,7,17H,6,19H2,(H,16,18)/b12-5-. The molecule has 98 valence electrons. The normalized spacial score (nSPS) is 21.4. The van der Waals surface area contributed by atoms with Crippen molar-refractivity contribution >= 4 is 32.1 Å². The van der Waals surface area contributed by atoms with Crippen LogP contribution in [0.2, 0.25) is 0 Å². The van der Waals surface area contributed by atoms with Crippen molar-refractivity contribution in [2.75, 3.05) is 11.9 Å². The van der Waals surface area contributed by atoms with Gasteiger partial charge in [-0.3, -0.25) is 0 Å². The van der Waals surface area contributed by atoms with Gasteiger partial charge in [0.15, 0.2) is 0 Å². The van der Waals surface area contributed by atoms with Crippen molar-refractivity contribution in [3.63, 3.8) is 0 Å². The summed E-state index contributed by atoms with van der Waals surface area (Å²) in [6, 6.07) is 4.27. The molecule has 5 heteroatoms. The number of halogens is 1. The molecular formula is C14H12FNO2Se. The molecule has 0 fully saturated rings. The topological polar surface area (TPSA) is 49.3 Å². The van der Waals surface area contributed by atoms with Crippen LogP contribution < -0.4 is 5.32 Å². The van der Waals surface area contributed by atoms with E-state index in [1.54, 1.807) is 12.1 Å². The molecule has 0 saturated heterocycles. The third-order valence-corrected chi connectivity index (χ3v) is 5.40. The monoisotopic (exact) mass is 325 g/mol. The molecule has 0 unspecified atom stereocenters. The van der Waals surface area contributed by atoms with Crippen LogP contribution in [0.3, 0.4) is 0 Å². The van der Waals surface area contributed by atoms with E-state index in [4.69, 9.17) is 5.11 Å². The Bertz CT molecular complexity index is 661. The van der Waals surface area contributed by atoms with Gasteiger partial charge in [-0.15, -0.1) is 0 Å².